The maximum atomic E-state index is 13.4. The third-order valence-electron chi connectivity index (χ3n) is 5.39. The van der Waals surface area contributed by atoms with Gasteiger partial charge in [0.05, 0.1) is 11.6 Å². The molecule has 3 aromatic carbocycles. The Balaban J connectivity index is 1.66. The molecule has 1 aliphatic rings. The SMILES string of the molecule is C=C(C)CN1C(=O)C(C)Oc2ccc(NC(=O)C(c3ccccc3)c3ccccc3)cc21. The topological polar surface area (TPSA) is 58.6 Å². The summed E-state index contributed by atoms with van der Waals surface area (Å²) < 4.78 is 5.77. The van der Waals surface area contributed by atoms with Crippen LogP contribution in [0.3, 0.4) is 0 Å². The fourth-order valence-corrected chi connectivity index (χ4v) is 3.92. The lowest BCUT2D eigenvalue weighted by Gasteiger charge is -2.33. The third-order valence-corrected chi connectivity index (χ3v) is 5.39. The summed E-state index contributed by atoms with van der Waals surface area (Å²) in [4.78, 5) is 27.8. The van der Waals surface area contributed by atoms with E-state index in [-0.39, 0.29) is 11.8 Å². The highest BCUT2D eigenvalue weighted by atomic mass is 16.5. The van der Waals surface area contributed by atoms with E-state index in [9.17, 15) is 9.59 Å². The van der Waals surface area contributed by atoms with Gasteiger partial charge in [-0.15, -0.1) is 0 Å². The lowest BCUT2D eigenvalue weighted by Crippen LogP contribution is -2.45. The lowest BCUT2D eigenvalue weighted by atomic mass is 9.90. The Kier molecular flexibility index (Phi) is 6.08. The first-order valence-electron chi connectivity index (χ1n) is 10.6. The van der Waals surface area contributed by atoms with E-state index in [0.29, 0.717) is 23.7 Å². The average molecular weight is 427 g/mol. The Morgan fingerprint density at radius 1 is 1.03 bits per heavy atom. The van der Waals surface area contributed by atoms with Crippen molar-refractivity contribution in [2.24, 2.45) is 0 Å². The number of ether oxygens (including phenoxy) is 1. The first-order chi connectivity index (χ1) is 15.4. The molecular weight excluding hydrogens is 400 g/mol. The minimum Gasteiger partial charge on any atom is -0.479 e. The number of carbonyl (C=O) groups is 2. The molecule has 0 radical (unpaired) electrons. The number of fused-ring (bicyclic) bond motifs is 1. The van der Waals surface area contributed by atoms with Crippen LogP contribution in [-0.2, 0) is 9.59 Å². The Morgan fingerprint density at radius 2 is 1.62 bits per heavy atom. The molecule has 5 nitrogen and oxygen atoms in total. The molecule has 0 saturated heterocycles. The number of nitrogens with zero attached hydrogens (tertiary/aromatic N) is 1. The molecule has 3 aromatic rings. The maximum Gasteiger partial charge on any atom is 0.268 e. The molecule has 0 fully saturated rings. The molecule has 1 atom stereocenters. The van der Waals surface area contributed by atoms with Gasteiger partial charge in [0, 0.05) is 12.2 Å². The first kappa shape index (κ1) is 21.4. The molecule has 0 aliphatic carbocycles. The van der Waals surface area contributed by atoms with Gasteiger partial charge in [0.15, 0.2) is 6.10 Å². The number of carbonyl (C=O) groups excluding carboxylic acids is 2. The van der Waals surface area contributed by atoms with Gasteiger partial charge in [-0.25, -0.2) is 0 Å². The van der Waals surface area contributed by atoms with Crippen LogP contribution < -0.4 is 15.0 Å². The standard InChI is InChI=1S/C27H26N2O3/c1-18(2)17-29-23-16-22(14-15-24(23)32-19(3)27(29)31)28-26(30)25(20-10-6-4-7-11-20)21-12-8-5-9-13-21/h4-16,19,25H,1,17H2,2-3H3,(H,28,30). The van der Waals surface area contributed by atoms with Crippen molar-refractivity contribution in [3.05, 3.63) is 102 Å². The average Bonchev–Trinajstić information content (AvgIpc) is 2.79. The molecule has 1 N–H and O–H groups in total. The van der Waals surface area contributed by atoms with Crippen molar-refractivity contribution in [1.29, 1.82) is 0 Å². The predicted octanol–water partition coefficient (Wildman–Crippen LogP) is 5.15. The molecule has 4 rings (SSSR count). The van der Waals surface area contributed by atoms with Crippen LogP contribution in [-0.4, -0.2) is 24.5 Å². The molecule has 1 unspecified atom stereocenters. The Labute approximate surface area is 188 Å². The Hall–Kier alpha value is -3.86. The van der Waals surface area contributed by atoms with Gasteiger partial charge in [0.1, 0.15) is 5.75 Å². The number of nitrogens with one attached hydrogen (secondary N) is 1. The van der Waals surface area contributed by atoms with Crippen molar-refractivity contribution < 1.29 is 14.3 Å². The van der Waals surface area contributed by atoms with E-state index in [1.165, 1.54) is 0 Å². The van der Waals surface area contributed by atoms with Gasteiger partial charge >= 0.3 is 0 Å². The molecule has 0 saturated carbocycles. The number of benzene rings is 3. The van der Waals surface area contributed by atoms with E-state index >= 15 is 0 Å². The van der Waals surface area contributed by atoms with Gasteiger partial charge < -0.3 is 15.0 Å². The van der Waals surface area contributed by atoms with Gasteiger partial charge in [0.2, 0.25) is 5.91 Å². The van der Waals surface area contributed by atoms with Crippen molar-refractivity contribution in [3.63, 3.8) is 0 Å². The largest absolute Gasteiger partial charge is 0.479 e. The zero-order chi connectivity index (χ0) is 22.7. The van der Waals surface area contributed by atoms with E-state index < -0.39 is 12.0 Å². The van der Waals surface area contributed by atoms with E-state index in [0.717, 1.165) is 16.7 Å². The summed E-state index contributed by atoms with van der Waals surface area (Å²) >= 11 is 0. The van der Waals surface area contributed by atoms with Crippen molar-refractivity contribution >= 4 is 23.2 Å². The summed E-state index contributed by atoms with van der Waals surface area (Å²) in [6, 6.07) is 24.8. The fraction of sp³-hybridized carbons (Fsp3) is 0.185. The minimum atomic E-state index is -0.567. The van der Waals surface area contributed by atoms with Gasteiger partial charge in [0.25, 0.3) is 5.91 Å². The summed E-state index contributed by atoms with van der Waals surface area (Å²) in [6.45, 7) is 7.95. The van der Waals surface area contributed by atoms with E-state index in [4.69, 9.17) is 4.74 Å². The molecule has 1 aliphatic heterocycles. The van der Waals surface area contributed by atoms with Crippen molar-refractivity contribution in [3.8, 4) is 5.75 Å². The number of hydrogen-bond donors (Lipinski definition) is 1. The van der Waals surface area contributed by atoms with E-state index in [1.54, 1.807) is 30.0 Å². The van der Waals surface area contributed by atoms with Crippen LogP contribution in [0.25, 0.3) is 0 Å². The van der Waals surface area contributed by atoms with Gasteiger partial charge in [-0.05, 0) is 43.2 Å². The number of hydrogen-bond acceptors (Lipinski definition) is 3. The third kappa shape index (κ3) is 4.42. The quantitative estimate of drug-likeness (QED) is 0.555. The van der Waals surface area contributed by atoms with Crippen molar-refractivity contribution in [2.75, 3.05) is 16.8 Å². The van der Waals surface area contributed by atoms with Crippen LogP contribution in [0.15, 0.2) is 91.0 Å². The normalized spacial score (nSPS) is 15.2. The second-order valence-electron chi connectivity index (χ2n) is 8.07. The van der Waals surface area contributed by atoms with Crippen molar-refractivity contribution in [2.45, 2.75) is 25.9 Å². The predicted molar refractivity (Wildman–Crippen MR) is 127 cm³/mol. The van der Waals surface area contributed by atoms with Crippen LogP contribution in [0, 0.1) is 0 Å². The zero-order valence-corrected chi connectivity index (χ0v) is 18.2. The highest BCUT2D eigenvalue weighted by molar-refractivity contribution is 6.02. The zero-order valence-electron chi connectivity index (χ0n) is 18.2. The fourth-order valence-electron chi connectivity index (χ4n) is 3.92. The molecule has 32 heavy (non-hydrogen) atoms. The van der Waals surface area contributed by atoms with Crippen LogP contribution >= 0.6 is 0 Å². The van der Waals surface area contributed by atoms with Crippen LogP contribution in [0.2, 0.25) is 0 Å². The summed E-state index contributed by atoms with van der Waals surface area (Å²) in [5.74, 6) is -0.127. The number of amides is 2. The molecule has 0 bridgehead atoms. The lowest BCUT2D eigenvalue weighted by molar-refractivity contribution is -0.125. The molecule has 0 spiro atoms. The van der Waals surface area contributed by atoms with E-state index in [1.807, 2.05) is 67.6 Å². The molecule has 162 valence electrons. The van der Waals surface area contributed by atoms with Crippen LogP contribution in [0.5, 0.6) is 5.75 Å². The first-order valence-corrected chi connectivity index (χ1v) is 10.6. The number of rotatable bonds is 6. The summed E-state index contributed by atoms with van der Waals surface area (Å²) in [5.41, 5.74) is 3.91. The van der Waals surface area contributed by atoms with Crippen molar-refractivity contribution in [1.82, 2.24) is 0 Å². The second kappa shape index (κ2) is 9.10. The molecule has 2 amide bonds. The Morgan fingerprint density at radius 3 is 2.19 bits per heavy atom. The number of anilines is 2. The summed E-state index contributed by atoms with van der Waals surface area (Å²) in [5, 5.41) is 3.03. The van der Waals surface area contributed by atoms with Gasteiger partial charge in [-0.2, -0.15) is 0 Å². The van der Waals surface area contributed by atoms with E-state index in [2.05, 4.69) is 11.9 Å². The molecule has 5 heteroatoms. The second-order valence-corrected chi connectivity index (χ2v) is 8.07. The highest BCUT2D eigenvalue weighted by Crippen LogP contribution is 2.37. The summed E-state index contributed by atoms with van der Waals surface area (Å²) in [6.07, 6.45) is -0.567. The monoisotopic (exact) mass is 426 g/mol. The minimum absolute atomic E-state index is 0.129. The van der Waals surface area contributed by atoms with Gasteiger partial charge in [-0.3, -0.25) is 9.59 Å². The Bertz CT molecular complexity index is 1100. The summed E-state index contributed by atoms with van der Waals surface area (Å²) in [7, 11) is 0. The maximum absolute atomic E-state index is 13.4. The molecule has 0 aromatic heterocycles. The molecular formula is C27H26N2O3. The highest BCUT2D eigenvalue weighted by Gasteiger charge is 2.32. The smallest absolute Gasteiger partial charge is 0.268 e. The van der Waals surface area contributed by atoms with Crippen LogP contribution in [0.4, 0.5) is 11.4 Å². The molecule has 1 heterocycles. The van der Waals surface area contributed by atoms with Crippen LogP contribution in [0.1, 0.15) is 30.9 Å². The van der Waals surface area contributed by atoms with Gasteiger partial charge in [-0.1, -0.05) is 72.8 Å².